The lowest BCUT2D eigenvalue weighted by Gasteiger charge is -2.18. The maximum Gasteiger partial charge on any atom is 0.260 e. The molecule has 1 aliphatic rings. The first-order valence-corrected chi connectivity index (χ1v) is 5.20. The first kappa shape index (κ1) is 11.3. The van der Waals surface area contributed by atoms with Gasteiger partial charge in [-0.3, -0.25) is 0 Å². The van der Waals surface area contributed by atoms with E-state index in [1.165, 1.54) is 7.11 Å². The largest absolute Gasteiger partial charge is 0.496 e. The van der Waals surface area contributed by atoms with Crippen molar-refractivity contribution >= 4 is 0 Å². The zero-order chi connectivity index (χ0) is 12.0. The van der Waals surface area contributed by atoms with E-state index in [4.69, 9.17) is 10.5 Å². The summed E-state index contributed by atoms with van der Waals surface area (Å²) < 4.78 is 32.0. The number of hydrogen-bond acceptors (Lipinski definition) is 2. The van der Waals surface area contributed by atoms with E-state index in [9.17, 15) is 8.78 Å². The summed E-state index contributed by atoms with van der Waals surface area (Å²) in [5.74, 6) is -2.21. The van der Waals surface area contributed by atoms with Gasteiger partial charge in [0, 0.05) is 18.5 Å². The van der Waals surface area contributed by atoms with Crippen LogP contribution in [0.5, 0.6) is 5.75 Å². The molecule has 2 rings (SSSR count). The van der Waals surface area contributed by atoms with E-state index in [0.29, 0.717) is 11.3 Å². The highest BCUT2D eigenvalue weighted by Gasteiger charge is 2.71. The number of alkyl halides is 2. The van der Waals surface area contributed by atoms with E-state index >= 15 is 0 Å². The molecule has 0 heterocycles. The molecular formula is C12H15F2NO. The summed E-state index contributed by atoms with van der Waals surface area (Å²) in [6, 6.07) is 5.30. The Labute approximate surface area is 93.4 Å². The maximum atomic E-state index is 13.5. The Balaban J connectivity index is 2.51. The van der Waals surface area contributed by atoms with E-state index in [2.05, 4.69) is 0 Å². The van der Waals surface area contributed by atoms with Gasteiger partial charge in [0.1, 0.15) is 5.75 Å². The number of rotatable bonds is 3. The van der Waals surface area contributed by atoms with Gasteiger partial charge in [-0.25, -0.2) is 8.78 Å². The van der Waals surface area contributed by atoms with Crippen LogP contribution in [-0.2, 0) is 5.41 Å². The second kappa shape index (κ2) is 3.42. The molecule has 1 fully saturated rings. The Bertz CT molecular complexity index is 419. The van der Waals surface area contributed by atoms with E-state index in [-0.39, 0.29) is 13.0 Å². The molecule has 1 aromatic rings. The quantitative estimate of drug-likeness (QED) is 0.859. The van der Waals surface area contributed by atoms with Gasteiger partial charge in [-0.1, -0.05) is 17.7 Å². The van der Waals surface area contributed by atoms with Crippen molar-refractivity contribution in [3.05, 3.63) is 29.3 Å². The number of ether oxygens (including phenoxy) is 1. The minimum atomic E-state index is -2.71. The smallest absolute Gasteiger partial charge is 0.260 e. The summed E-state index contributed by atoms with van der Waals surface area (Å²) >= 11 is 0. The van der Waals surface area contributed by atoms with E-state index in [1.54, 1.807) is 12.1 Å². The Morgan fingerprint density at radius 3 is 2.50 bits per heavy atom. The summed E-state index contributed by atoms with van der Waals surface area (Å²) in [5.41, 5.74) is 5.76. The van der Waals surface area contributed by atoms with Gasteiger partial charge >= 0.3 is 0 Å². The molecule has 16 heavy (non-hydrogen) atoms. The van der Waals surface area contributed by atoms with Crippen LogP contribution in [0.4, 0.5) is 8.78 Å². The predicted molar refractivity (Wildman–Crippen MR) is 58.0 cm³/mol. The molecule has 1 aromatic carbocycles. The highest BCUT2D eigenvalue weighted by atomic mass is 19.3. The summed E-state index contributed by atoms with van der Waals surface area (Å²) in [7, 11) is 1.49. The first-order chi connectivity index (χ1) is 7.47. The Morgan fingerprint density at radius 2 is 2.06 bits per heavy atom. The molecule has 0 aromatic heterocycles. The molecule has 0 saturated heterocycles. The van der Waals surface area contributed by atoms with Crippen LogP contribution in [0.2, 0.25) is 0 Å². The fourth-order valence-electron chi connectivity index (χ4n) is 2.15. The van der Waals surface area contributed by atoms with Gasteiger partial charge in [-0.05, 0) is 13.0 Å². The number of methoxy groups -OCH3 is 1. The van der Waals surface area contributed by atoms with Gasteiger partial charge in [-0.2, -0.15) is 0 Å². The fraction of sp³-hybridized carbons (Fsp3) is 0.500. The van der Waals surface area contributed by atoms with Gasteiger partial charge in [-0.15, -0.1) is 0 Å². The standard InChI is InChI=1S/C12H15F2NO/c1-8-3-4-10(16-2)9(5-8)11(7-15)6-12(11,13)14/h3-5H,6-7,15H2,1-2H3. The molecule has 1 saturated carbocycles. The van der Waals surface area contributed by atoms with Gasteiger partial charge in [0.2, 0.25) is 0 Å². The van der Waals surface area contributed by atoms with Crippen LogP contribution in [0.3, 0.4) is 0 Å². The zero-order valence-corrected chi connectivity index (χ0v) is 9.39. The molecule has 2 nitrogen and oxygen atoms in total. The third-order valence-electron chi connectivity index (χ3n) is 3.32. The Kier molecular flexibility index (Phi) is 2.42. The van der Waals surface area contributed by atoms with Gasteiger partial charge in [0.05, 0.1) is 12.5 Å². The molecule has 1 atom stereocenters. The van der Waals surface area contributed by atoms with Crippen molar-refractivity contribution < 1.29 is 13.5 Å². The van der Waals surface area contributed by atoms with Crippen molar-refractivity contribution in [3.63, 3.8) is 0 Å². The lowest BCUT2D eigenvalue weighted by atomic mass is 9.93. The van der Waals surface area contributed by atoms with E-state index in [1.807, 2.05) is 13.0 Å². The topological polar surface area (TPSA) is 35.2 Å². The minimum Gasteiger partial charge on any atom is -0.496 e. The highest BCUT2D eigenvalue weighted by molar-refractivity contribution is 5.49. The molecule has 0 bridgehead atoms. The van der Waals surface area contributed by atoms with Crippen LogP contribution in [0.1, 0.15) is 17.5 Å². The van der Waals surface area contributed by atoms with Crippen LogP contribution in [0.15, 0.2) is 18.2 Å². The summed E-state index contributed by atoms with van der Waals surface area (Å²) in [4.78, 5) is 0. The summed E-state index contributed by atoms with van der Waals surface area (Å²) in [6.45, 7) is 1.81. The minimum absolute atomic E-state index is 0.0557. The van der Waals surface area contributed by atoms with E-state index < -0.39 is 11.3 Å². The number of aryl methyl sites for hydroxylation is 1. The van der Waals surface area contributed by atoms with Gasteiger partial charge in [0.25, 0.3) is 5.92 Å². The average Bonchev–Trinajstić information content (AvgIpc) is 2.82. The Hall–Kier alpha value is -1.16. The molecule has 1 unspecified atom stereocenters. The van der Waals surface area contributed by atoms with Crippen LogP contribution in [0.25, 0.3) is 0 Å². The molecule has 4 heteroatoms. The molecular weight excluding hydrogens is 212 g/mol. The molecule has 0 aliphatic heterocycles. The van der Waals surface area contributed by atoms with Gasteiger partial charge in [0.15, 0.2) is 0 Å². The highest BCUT2D eigenvalue weighted by Crippen LogP contribution is 2.62. The Morgan fingerprint density at radius 1 is 1.44 bits per heavy atom. The molecule has 0 spiro atoms. The van der Waals surface area contributed by atoms with Crippen molar-refractivity contribution in [2.45, 2.75) is 24.7 Å². The third-order valence-corrected chi connectivity index (χ3v) is 3.32. The van der Waals surface area contributed by atoms with E-state index in [0.717, 1.165) is 5.56 Å². The summed E-state index contributed by atoms with van der Waals surface area (Å²) in [5, 5.41) is 0. The predicted octanol–water partition coefficient (Wildman–Crippen LogP) is 2.24. The van der Waals surface area contributed by atoms with Crippen molar-refractivity contribution in [1.82, 2.24) is 0 Å². The van der Waals surface area contributed by atoms with Gasteiger partial charge < -0.3 is 10.5 Å². The fourth-order valence-corrected chi connectivity index (χ4v) is 2.15. The first-order valence-electron chi connectivity index (χ1n) is 5.20. The summed E-state index contributed by atoms with van der Waals surface area (Å²) in [6.07, 6.45) is -0.184. The molecule has 0 amide bonds. The van der Waals surface area contributed by atoms with Crippen molar-refractivity contribution in [1.29, 1.82) is 0 Å². The second-order valence-corrected chi connectivity index (χ2v) is 4.37. The van der Waals surface area contributed by atoms with Crippen LogP contribution in [-0.4, -0.2) is 19.6 Å². The third kappa shape index (κ3) is 1.40. The van der Waals surface area contributed by atoms with Crippen LogP contribution >= 0.6 is 0 Å². The number of benzene rings is 1. The lowest BCUT2D eigenvalue weighted by Crippen LogP contribution is -2.27. The zero-order valence-electron chi connectivity index (χ0n) is 9.39. The normalized spacial score (nSPS) is 26.6. The SMILES string of the molecule is COc1ccc(C)cc1C1(CN)CC1(F)F. The van der Waals surface area contributed by atoms with Crippen molar-refractivity contribution in [2.24, 2.45) is 5.73 Å². The molecule has 88 valence electrons. The number of hydrogen-bond donors (Lipinski definition) is 1. The van der Waals surface area contributed by atoms with Crippen molar-refractivity contribution in [2.75, 3.05) is 13.7 Å². The monoisotopic (exact) mass is 227 g/mol. The maximum absolute atomic E-state index is 13.5. The number of nitrogens with two attached hydrogens (primary N) is 1. The van der Waals surface area contributed by atoms with Crippen LogP contribution in [0, 0.1) is 6.92 Å². The van der Waals surface area contributed by atoms with Crippen molar-refractivity contribution in [3.8, 4) is 5.75 Å². The van der Waals surface area contributed by atoms with Crippen LogP contribution < -0.4 is 10.5 Å². The second-order valence-electron chi connectivity index (χ2n) is 4.37. The lowest BCUT2D eigenvalue weighted by molar-refractivity contribution is 0.0889. The molecule has 2 N–H and O–H groups in total. The average molecular weight is 227 g/mol. The number of halogens is 2. The molecule has 1 aliphatic carbocycles. The molecule has 0 radical (unpaired) electrons.